The monoisotopic (exact) mass is 266 g/mol. The zero-order valence-electron chi connectivity index (χ0n) is 11.1. The van der Waals surface area contributed by atoms with E-state index in [1.807, 2.05) is 6.92 Å². The second-order valence-corrected chi connectivity index (χ2v) is 5.18. The highest BCUT2D eigenvalue weighted by Crippen LogP contribution is 2.17. The molecule has 4 nitrogen and oxygen atoms in total. The van der Waals surface area contributed by atoms with Crippen LogP contribution in [0.15, 0.2) is 18.2 Å². The lowest BCUT2D eigenvalue weighted by atomic mass is 9.95. The Hall–Kier alpha value is -1.62. The quantitative estimate of drug-likeness (QED) is 0.765. The maximum Gasteiger partial charge on any atom is 0.254 e. The largest absolute Gasteiger partial charge is 0.508 e. The lowest BCUT2D eigenvalue weighted by molar-refractivity contribution is 0.0910. The molecule has 3 atom stereocenters. The van der Waals surface area contributed by atoms with E-state index < -0.39 is 11.7 Å². The first kappa shape index (κ1) is 13.8. The Kier molecular flexibility index (Phi) is 4.04. The van der Waals surface area contributed by atoms with Crippen LogP contribution >= 0.6 is 0 Å². The van der Waals surface area contributed by atoms with Crippen molar-refractivity contribution in [1.82, 2.24) is 10.6 Å². The van der Waals surface area contributed by atoms with Crippen molar-refractivity contribution in [3.05, 3.63) is 29.6 Å². The average Bonchev–Trinajstić information content (AvgIpc) is 2.32. The second-order valence-electron chi connectivity index (χ2n) is 5.18. The van der Waals surface area contributed by atoms with Crippen LogP contribution in [0.25, 0.3) is 0 Å². The number of amides is 1. The van der Waals surface area contributed by atoms with Gasteiger partial charge in [0.1, 0.15) is 11.6 Å². The predicted octanol–water partition coefficient (Wildman–Crippen LogP) is 1.79. The minimum atomic E-state index is -0.706. The minimum Gasteiger partial charge on any atom is -0.508 e. The summed E-state index contributed by atoms with van der Waals surface area (Å²) >= 11 is 0. The molecule has 1 aliphatic rings. The highest BCUT2D eigenvalue weighted by molar-refractivity contribution is 5.94. The summed E-state index contributed by atoms with van der Waals surface area (Å²) in [5.41, 5.74) is -0.0383. The molecule has 19 heavy (non-hydrogen) atoms. The first-order valence-corrected chi connectivity index (χ1v) is 6.53. The van der Waals surface area contributed by atoms with Gasteiger partial charge in [0.15, 0.2) is 0 Å². The Balaban J connectivity index is 2.04. The summed E-state index contributed by atoms with van der Waals surface area (Å²) in [7, 11) is 0. The molecule has 0 aliphatic carbocycles. The van der Waals surface area contributed by atoms with Gasteiger partial charge in [-0.25, -0.2) is 4.39 Å². The van der Waals surface area contributed by atoms with Crippen LogP contribution in [0.2, 0.25) is 0 Å². The summed E-state index contributed by atoms with van der Waals surface area (Å²) in [6.45, 7) is 4.11. The molecular weight excluding hydrogens is 247 g/mol. The van der Waals surface area contributed by atoms with E-state index in [0.717, 1.165) is 18.9 Å². The summed E-state index contributed by atoms with van der Waals surface area (Å²) in [6, 6.07) is 4.14. The van der Waals surface area contributed by atoms with E-state index in [1.165, 1.54) is 12.1 Å². The molecule has 3 N–H and O–H groups in total. The van der Waals surface area contributed by atoms with Crippen LogP contribution in [0.5, 0.6) is 5.75 Å². The van der Waals surface area contributed by atoms with E-state index in [9.17, 15) is 9.18 Å². The van der Waals surface area contributed by atoms with Gasteiger partial charge < -0.3 is 15.7 Å². The number of aromatic hydroxyl groups is 1. The van der Waals surface area contributed by atoms with Crippen molar-refractivity contribution < 1.29 is 14.3 Å². The molecule has 1 fully saturated rings. The van der Waals surface area contributed by atoms with Crippen molar-refractivity contribution in [2.45, 2.75) is 44.8 Å². The number of hydrogen-bond acceptors (Lipinski definition) is 3. The number of carbonyl (C=O) groups excluding carboxylic acids is 1. The molecule has 0 bridgehead atoms. The predicted molar refractivity (Wildman–Crippen MR) is 70.6 cm³/mol. The number of rotatable bonds is 2. The number of benzene rings is 1. The van der Waals surface area contributed by atoms with Crippen molar-refractivity contribution in [3.63, 3.8) is 0 Å². The molecule has 0 saturated carbocycles. The fourth-order valence-corrected chi connectivity index (χ4v) is 2.46. The molecule has 0 spiro atoms. The van der Waals surface area contributed by atoms with Crippen molar-refractivity contribution in [1.29, 1.82) is 0 Å². The van der Waals surface area contributed by atoms with Gasteiger partial charge >= 0.3 is 0 Å². The molecule has 1 heterocycles. The van der Waals surface area contributed by atoms with Gasteiger partial charge in [-0.05, 0) is 38.8 Å². The molecule has 1 aromatic rings. The third-order valence-corrected chi connectivity index (χ3v) is 3.58. The van der Waals surface area contributed by atoms with E-state index in [1.54, 1.807) is 0 Å². The van der Waals surface area contributed by atoms with Gasteiger partial charge in [-0.3, -0.25) is 4.79 Å². The van der Waals surface area contributed by atoms with E-state index in [0.29, 0.717) is 6.04 Å². The molecule has 2 rings (SSSR count). The molecule has 104 valence electrons. The van der Waals surface area contributed by atoms with E-state index in [2.05, 4.69) is 17.6 Å². The van der Waals surface area contributed by atoms with Gasteiger partial charge in [0, 0.05) is 24.2 Å². The maximum atomic E-state index is 13.6. The lowest BCUT2D eigenvalue weighted by Gasteiger charge is -2.34. The normalized spacial score (nSPS) is 27.0. The molecular formula is C14H19FN2O2. The standard InChI is InChI=1S/C14H19FN2O2/c1-8-3-6-13(9(2)16-8)17-14(19)11-5-4-10(18)7-12(11)15/h4-5,7-9,13,16,18H,3,6H2,1-2H3,(H,17,19). The summed E-state index contributed by atoms with van der Waals surface area (Å²) in [5.74, 6) is -1.33. The van der Waals surface area contributed by atoms with E-state index >= 15 is 0 Å². The number of phenols is 1. The number of piperidine rings is 1. The molecule has 1 aromatic carbocycles. The Morgan fingerprint density at radius 3 is 2.79 bits per heavy atom. The third-order valence-electron chi connectivity index (χ3n) is 3.58. The van der Waals surface area contributed by atoms with Crippen LogP contribution in [0, 0.1) is 5.82 Å². The van der Waals surface area contributed by atoms with Gasteiger partial charge in [-0.2, -0.15) is 0 Å². The van der Waals surface area contributed by atoms with Crippen LogP contribution in [-0.2, 0) is 0 Å². The van der Waals surface area contributed by atoms with Crippen molar-refractivity contribution >= 4 is 5.91 Å². The van der Waals surface area contributed by atoms with Crippen LogP contribution in [0.3, 0.4) is 0 Å². The Morgan fingerprint density at radius 1 is 1.42 bits per heavy atom. The highest BCUT2D eigenvalue weighted by atomic mass is 19.1. The van der Waals surface area contributed by atoms with Crippen LogP contribution in [0.4, 0.5) is 4.39 Å². The van der Waals surface area contributed by atoms with Gasteiger partial charge in [0.25, 0.3) is 5.91 Å². The maximum absolute atomic E-state index is 13.6. The lowest BCUT2D eigenvalue weighted by Crippen LogP contribution is -2.54. The zero-order valence-corrected chi connectivity index (χ0v) is 11.1. The highest BCUT2D eigenvalue weighted by Gasteiger charge is 2.26. The number of halogens is 1. The SMILES string of the molecule is CC1CCC(NC(=O)c2ccc(O)cc2F)C(C)N1. The van der Waals surface area contributed by atoms with Crippen molar-refractivity contribution in [2.75, 3.05) is 0 Å². The Labute approximate surface area is 112 Å². The van der Waals surface area contributed by atoms with Gasteiger partial charge in [0.2, 0.25) is 0 Å². The zero-order chi connectivity index (χ0) is 14.0. The third kappa shape index (κ3) is 3.23. The van der Waals surface area contributed by atoms with Gasteiger partial charge in [-0.1, -0.05) is 0 Å². The van der Waals surface area contributed by atoms with Crippen molar-refractivity contribution in [2.24, 2.45) is 0 Å². The molecule has 3 unspecified atom stereocenters. The smallest absolute Gasteiger partial charge is 0.254 e. The summed E-state index contributed by atoms with van der Waals surface area (Å²) in [6.07, 6.45) is 1.86. The minimum absolute atomic E-state index is 0.00287. The average molecular weight is 266 g/mol. The Morgan fingerprint density at radius 2 is 2.16 bits per heavy atom. The Bertz CT molecular complexity index is 479. The molecule has 1 aliphatic heterocycles. The van der Waals surface area contributed by atoms with E-state index in [4.69, 9.17) is 5.11 Å². The molecule has 1 amide bonds. The first-order chi connectivity index (χ1) is 8.97. The van der Waals surface area contributed by atoms with Crippen molar-refractivity contribution in [3.8, 4) is 5.75 Å². The van der Waals surface area contributed by atoms with E-state index in [-0.39, 0.29) is 23.4 Å². The number of phenolic OH excluding ortho intramolecular Hbond substituents is 1. The topological polar surface area (TPSA) is 61.4 Å². The van der Waals surface area contributed by atoms with Crippen LogP contribution in [0.1, 0.15) is 37.0 Å². The molecule has 5 heteroatoms. The number of nitrogens with one attached hydrogen (secondary N) is 2. The van der Waals surface area contributed by atoms with Gasteiger partial charge in [0.05, 0.1) is 5.56 Å². The number of hydrogen-bond donors (Lipinski definition) is 3. The molecule has 1 saturated heterocycles. The fourth-order valence-electron chi connectivity index (χ4n) is 2.46. The summed E-state index contributed by atoms with van der Waals surface area (Å²) in [5, 5.41) is 15.3. The fraction of sp³-hybridized carbons (Fsp3) is 0.500. The molecule has 0 radical (unpaired) electrons. The second kappa shape index (κ2) is 5.57. The van der Waals surface area contributed by atoms with Gasteiger partial charge in [-0.15, -0.1) is 0 Å². The molecule has 0 aromatic heterocycles. The summed E-state index contributed by atoms with van der Waals surface area (Å²) in [4.78, 5) is 12.0. The van der Waals surface area contributed by atoms with Crippen LogP contribution < -0.4 is 10.6 Å². The number of carbonyl (C=O) groups is 1. The van der Waals surface area contributed by atoms with Crippen LogP contribution in [-0.4, -0.2) is 29.1 Å². The first-order valence-electron chi connectivity index (χ1n) is 6.53. The summed E-state index contributed by atoms with van der Waals surface area (Å²) < 4.78 is 13.6.